The summed E-state index contributed by atoms with van der Waals surface area (Å²) in [4.78, 5) is 12.6. The zero-order valence-corrected chi connectivity index (χ0v) is 14.2. The largest absolute Gasteiger partial charge is 0.331 e. The summed E-state index contributed by atoms with van der Waals surface area (Å²) in [7, 11) is -3.73. The monoisotopic (exact) mass is 370 g/mol. The fraction of sp³-hybridized carbons (Fsp3) is 0.0769. The van der Waals surface area contributed by atoms with E-state index in [-0.39, 0.29) is 22.3 Å². The Morgan fingerprint density at radius 3 is 2.43 bits per heavy atom. The number of nitrogens with two attached hydrogens (primary N) is 1. The van der Waals surface area contributed by atoms with Gasteiger partial charge in [0, 0.05) is 10.6 Å². The molecule has 0 atom stereocenters. The Morgan fingerprint density at radius 2 is 1.87 bits per heavy atom. The van der Waals surface area contributed by atoms with E-state index in [2.05, 4.69) is 16.2 Å². The molecule has 0 radical (unpaired) electrons. The van der Waals surface area contributed by atoms with E-state index in [4.69, 9.17) is 17.4 Å². The van der Waals surface area contributed by atoms with Crippen molar-refractivity contribution < 1.29 is 13.2 Å². The first-order chi connectivity index (χ1) is 10.8. The lowest BCUT2D eigenvalue weighted by Crippen LogP contribution is -2.44. The number of anilines is 1. The van der Waals surface area contributed by atoms with Gasteiger partial charge >= 0.3 is 0 Å². The minimum absolute atomic E-state index is 0.00572. The van der Waals surface area contributed by atoms with Crippen LogP contribution in [-0.2, 0) is 21.2 Å². The second kappa shape index (κ2) is 7.51. The van der Waals surface area contributed by atoms with Gasteiger partial charge in [0.15, 0.2) is 5.11 Å². The van der Waals surface area contributed by atoms with Crippen LogP contribution in [0.2, 0.25) is 0 Å². The van der Waals surface area contributed by atoms with E-state index in [0.29, 0.717) is 5.69 Å². The van der Waals surface area contributed by atoms with E-state index in [0.717, 1.165) is 4.88 Å². The van der Waals surface area contributed by atoms with Gasteiger partial charge in [0.1, 0.15) is 0 Å². The van der Waals surface area contributed by atoms with Crippen molar-refractivity contribution in [2.24, 2.45) is 5.14 Å². The summed E-state index contributed by atoms with van der Waals surface area (Å²) in [5.41, 5.74) is 5.60. The lowest BCUT2D eigenvalue weighted by molar-refractivity contribution is -0.120. The van der Waals surface area contributed by atoms with E-state index in [9.17, 15) is 13.2 Å². The van der Waals surface area contributed by atoms with Crippen LogP contribution in [0.15, 0.2) is 46.7 Å². The van der Waals surface area contributed by atoms with E-state index in [1.54, 1.807) is 0 Å². The molecule has 122 valence electrons. The first-order valence-corrected chi connectivity index (χ1v) is 9.19. The van der Waals surface area contributed by atoms with Crippen LogP contribution in [0.3, 0.4) is 0 Å². The molecule has 0 aliphatic rings. The van der Waals surface area contributed by atoms with Gasteiger partial charge < -0.3 is 5.32 Å². The Morgan fingerprint density at radius 1 is 1.17 bits per heavy atom. The molecular formula is C13H14N4O3S3. The Hall–Kier alpha value is -2.01. The Bertz CT molecular complexity index is 786. The number of nitrogens with one attached hydrogen (secondary N) is 3. The predicted molar refractivity (Wildman–Crippen MR) is 93.3 cm³/mol. The fourth-order valence-electron chi connectivity index (χ4n) is 1.63. The number of amides is 1. The molecule has 10 heteroatoms. The zero-order chi connectivity index (χ0) is 16.9. The van der Waals surface area contributed by atoms with Crippen LogP contribution in [0.25, 0.3) is 0 Å². The van der Waals surface area contributed by atoms with E-state index < -0.39 is 10.0 Å². The molecule has 1 aromatic heterocycles. The summed E-state index contributed by atoms with van der Waals surface area (Å²) in [5.74, 6) is -0.221. The van der Waals surface area contributed by atoms with Crippen molar-refractivity contribution in [2.45, 2.75) is 11.3 Å². The number of sulfonamides is 1. The van der Waals surface area contributed by atoms with Gasteiger partial charge in [-0.15, -0.1) is 11.3 Å². The first kappa shape index (κ1) is 17.3. The molecule has 1 heterocycles. The van der Waals surface area contributed by atoms with Crippen LogP contribution in [0.1, 0.15) is 4.88 Å². The molecule has 0 aliphatic carbocycles. The molecule has 1 amide bonds. The zero-order valence-electron chi connectivity index (χ0n) is 11.8. The lowest BCUT2D eigenvalue weighted by Gasteiger charge is -2.11. The van der Waals surface area contributed by atoms with Gasteiger partial charge in [0.2, 0.25) is 15.9 Å². The third-order valence-electron chi connectivity index (χ3n) is 2.67. The summed E-state index contributed by atoms with van der Waals surface area (Å²) >= 11 is 6.53. The number of thiocarbonyl (C=S) groups is 1. The van der Waals surface area contributed by atoms with Crippen molar-refractivity contribution in [3.63, 3.8) is 0 Å². The van der Waals surface area contributed by atoms with Crippen LogP contribution in [-0.4, -0.2) is 19.4 Å². The van der Waals surface area contributed by atoms with Gasteiger partial charge in [0.05, 0.1) is 11.3 Å². The maximum atomic E-state index is 11.7. The minimum Gasteiger partial charge on any atom is -0.331 e. The number of hydrogen-bond donors (Lipinski definition) is 4. The summed E-state index contributed by atoms with van der Waals surface area (Å²) < 4.78 is 22.3. The molecule has 0 spiro atoms. The summed E-state index contributed by atoms with van der Waals surface area (Å²) in [6.45, 7) is 0. The average Bonchev–Trinajstić information content (AvgIpc) is 2.98. The standard InChI is InChI=1S/C13H14N4O3S3/c14-23(19,20)11-5-3-9(4-6-11)15-13(21)17-16-12(18)8-10-2-1-7-22-10/h1-7H,8H2,(H,16,18)(H2,14,19,20)(H2,15,17,21). The van der Waals surface area contributed by atoms with Crippen molar-refractivity contribution >= 4 is 50.3 Å². The Kier molecular flexibility index (Phi) is 5.66. The van der Waals surface area contributed by atoms with Gasteiger partial charge in [-0.25, -0.2) is 13.6 Å². The highest BCUT2D eigenvalue weighted by Crippen LogP contribution is 2.12. The topological polar surface area (TPSA) is 113 Å². The molecule has 0 fully saturated rings. The maximum absolute atomic E-state index is 11.7. The van der Waals surface area contributed by atoms with Gasteiger partial charge in [-0.1, -0.05) is 6.07 Å². The fourth-order valence-corrected chi connectivity index (χ4v) is 3.02. The third-order valence-corrected chi connectivity index (χ3v) is 4.68. The normalized spacial score (nSPS) is 10.8. The van der Waals surface area contributed by atoms with E-state index in [1.165, 1.54) is 35.6 Å². The highest BCUT2D eigenvalue weighted by molar-refractivity contribution is 7.89. The SMILES string of the molecule is NS(=O)(=O)c1ccc(NC(=S)NNC(=O)Cc2cccs2)cc1. The Balaban J connectivity index is 1.81. The molecule has 0 aliphatic heterocycles. The number of rotatable bonds is 4. The average molecular weight is 370 g/mol. The number of hydrazine groups is 1. The predicted octanol–water partition coefficient (Wildman–Crippen LogP) is 0.956. The van der Waals surface area contributed by atoms with Crippen LogP contribution >= 0.6 is 23.6 Å². The highest BCUT2D eigenvalue weighted by atomic mass is 32.2. The molecule has 0 saturated heterocycles. The van der Waals surface area contributed by atoms with Crippen molar-refractivity contribution in [3.05, 3.63) is 46.7 Å². The molecule has 23 heavy (non-hydrogen) atoms. The highest BCUT2D eigenvalue weighted by Gasteiger charge is 2.08. The van der Waals surface area contributed by atoms with Crippen molar-refractivity contribution in [2.75, 3.05) is 5.32 Å². The summed E-state index contributed by atoms with van der Waals surface area (Å²) in [5, 5.41) is 9.89. The van der Waals surface area contributed by atoms with Gasteiger partial charge in [-0.3, -0.25) is 15.6 Å². The number of thiophene rings is 1. The molecular weight excluding hydrogens is 356 g/mol. The van der Waals surface area contributed by atoms with Crippen LogP contribution in [0.5, 0.6) is 0 Å². The van der Waals surface area contributed by atoms with Crippen LogP contribution in [0.4, 0.5) is 5.69 Å². The van der Waals surface area contributed by atoms with Gasteiger partial charge in [0.25, 0.3) is 0 Å². The lowest BCUT2D eigenvalue weighted by atomic mass is 10.3. The number of primary sulfonamides is 1. The molecule has 0 unspecified atom stereocenters. The van der Waals surface area contributed by atoms with Crippen molar-refractivity contribution in [1.82, 2.24) is 10.9 Å². The maximum Gasteiger partial charge on any atom is 0.243 e. The number of carbonyl (C=O) groups is 1. The smallest absolute Gasteiger partial charge is 0.243 e. The van der Waals surface area contributed by atoms with Gasteiger partial charge in [-0.2, -0.15) is 0 Å². The molecule has 2 rings (SSSR count). The van der Waals surface area contributed by atoms with Crippen LogP contribution < -0.4 is 21.3 Å². The Labute approximate surface area is 142 Å². The van der Waals surface area contributed by atoms with Crippen molar-refractivity contribution in [3.8, 4) is 0 Å². The molecule has 5 N–H and O–H groups in total. The summed E-state index contributed by atoms with van der Waals surface area (Å²) in [6, 6.07) is 9.49. The number of benzene rings is 1. The molecule has 7 nitrogen and oxygen atoms in total. The van der Waals surface area contributed by atoms with Crippen LogP contribution in [0, 0.1) is 0 Å². The molecule has 1 aromatic carbocycles. The molecule has 0 bridgehead atoms. The first-order valence-electron chi connectivity index (χ1n) is 6.36. The summed E-state index contributed by atoms with van der Waals surface area (Å²) in [6.07, 6.45) is 0.260. The van der Waals surface area contributed by atoms with E-state index >= 15 is 0 Å². The van der Waals surface area contributed by atoms with Gasteiger partial charge in [-0.05, 0) is 47.9 Å². The second-order valence-corrected chi connectivity index (χ2v) is 7.45. The van der Waals surface area contributed by atoms with Crippen molar-refractivity contribution in [1.29, 1.82) is 0 Å². The molecule has 0 saturated carbocycles. The second-order valence-electron chi connectivity index (χ2n) is 4.45. The number of hydrogen-bond acceptors (Lipinski definition) is 5. The molecule has 2 aromatic rings. The number of carbonyl (C=O) groups excluding carboxylic acids is 1. The quantitative estimate of drug-likeness (QED) is 0.471. The van der Waals surface area contributed by atoms with E-state index in [1.807, 2.05) is 17.5 Å². The minimum atomic E-state index is -3.73. The third kappa shape index (κ3) is 5.60.